The number of hydrogen-bond donors (Lipinski definition) is 1. The van der Waals surface area contributed by atoms with Crippen molar-refractivity contribution in [3.8, 4) is 5.69 Å². The molecule has 0 aliphatic carbocycles. The summed E-state index contributed by atoms with van der Waals surface area (Å²) in [5.74, 6) is 1.09. The summed E-state index contributed by atoms with van der Waals surface area (Å²) in [7, 11) is 0. The summed E-state index contributed by atoms with van der Waals surface area (Å²) in [4.78, 5) is 4.45. The predicted molar refractivity (Wildman–Crippen MR) is 72.3 cm³/mol. The highest BCUT2D eigenvalue weighted by Gasteiger charge is 2.10. The molecular weight excluding hydrogens is 224 g/mol. The molecule has 92 valence electrons. The van der Waals surface area contributed by atoms with Gasteiger partial charge in [0.25, 0.3) is 0 Å². The van der Waals surface area contributed by atoms with E-state index in [0.29, 0.717) is 0 Å². The van der Waals surface area contributed by atoms with Gasteiger partial charge in [0.05, 0.1) is 12.2 Å². The van der Waals surface area contributed by atoms with Crippen molar-refractivity contribution >= 4 is 5.84 Å². The van der Waals surface area contributed by atoms with E-state index in [1.807, 2.05) is 16.9 Å². The lowest BCUT2D eigenvalue weighted by atomic mass is 10.0. The van der Waals surface area contributed by atoms with Crippen LogP contribution >= 0.6 is 0 Å². The average Bonchev–Trinajstić information content (AvgIpc) is 3.04. The minimum Gasteiger partial charge on any atom is -0.372 e. The molecule has 1 aromatic carbocycles. The first-order chi connectivity index (χ1) is 8.84. The maximum atomic E-state index is 4.45. The standard InChI is InChI=1S/C14H16N4/c1-11-12(10-14-15-7-8-16-14)4-2-5-13(11)18-9-3-6-17-18/h2-6,9H,7-8,10H2,1H3,(H,15,16). The summed E-state index contributed by atoms with van der Waals surface area (Å²) in [6, 6.07) is 8.27. The first kappa shape index (κ1) is 11.0. The molecule has 0 unspecified atom stereocenters. The van der Waals surface area contributed by atoms with Gasteiger partial charge in [-0.1, -0.05) is 12.1 Å². The molecule has 0 atom stereocenters. The lowest BCUT2D eigenvalue weighted by Gasteiger charge is -2.11. The Morgan fingerprint density at radius 1 is 1.33 bits per heavy atom. The number of aliphatic imine (C=N–C) groups is 1. The lowest BCUT2D eigenvalue weighted by Crippen LogP contribution is -2.21. The van der Waals surface area contributed by atoms with E-state index in [9.17, 15) is 0 Å². The molecule has 1 aliphatic heterocycles. The van der Waals surface area contributed by atoms with Gasteiger partial charge in [0, 0.05) is 25.4 Å². The van der Waals surface area contributed by atoms with Crippen molar-refractivity contribution < 1.29 is 0 Å². The van der Waals surface area contributed by atoms with Crippen molar-refractivity contribution in [2.75, 3.05) is 13.1 Å². The number of rotatable bonds is 3. The van der Waals surface area contributed by atoms with Crippen molar-refractivity contribution in [3.63, 3.8) is 0 Å². The van der Waals surface area contributed by atoms with Gasteiger partial charge in [-0.2, -0.15) is 5.10 Å². The van der Waals surface area contributed by atoms with Crippen LogP contribution in [0.5, 0.6) is 0 Å². The Morgan fingerprint density at radius 3 is 3.00 bits per heavy atom. The third kappa shape index (κ3) is 2.01. The van der Waals surface area contributed by atoms with Crippen LogP contribution in [0.25, 0.3) is 5.69 Å². The number of amidine groups is 1. The molecule has 0 bridgehead atoms. The molecular formula is C14H16N4. The Morgan fingerprint density at radius 2 is 2.28 bits per heavy atom. The van der Waals surface area contributed by atoms with E-state index in [2.05, 4.69) is 40.5 Å². The Hall–Kier alpha value is -2.10. The van der Waals surface area contributed by atoms with Gasteiger partial charge >= 0.3 is 0 Å². The SMILES string of the molecule is Cc1c(CC2=NCCN2)cccc1-n1cccn1. The van der Waals surface area contributed by atoms with Crippen molar-refractivity contribution in [2.24, 2.45) is 4.99 Å². The van der Waals surface area contributed by atoms with E-state index in [-0.39, 0.29) is 0 Å². The monoisotopic (exact) mass is 240 g/mol. The molecule has 0 saturated carbocycles. The van der Waals surface area contributed by atoms with Crippen LogP contribution in [-0.4, -0.2) is 28.7 Å². The van der Waals surface area contributed by atoms with Gasteiger partial charge in [-0.25, -0.2) is 4.68 Å². The molecule has 0 fully saturated rings. The van der Waals surface area contributed by atoms with Crippen LogP contribution in [0.3, 0.4) is 0 Å². The van der Waals surface area contributed by atoms with E-state index >= 15 is 0 Å². The number of hydrogen-bond acceptors (Lipinski definition) is 3. The molecule has 1 aromatic heterocycles. The average molecular weight is 240 g/mol. The Balaban J connectivity index is 1.94. The fraction of sp³-hybridized carbons (Fsp3) is 0.286. The zero-order valence-corrected chi connectivity index (χ0v) is 10.4. The van der Waals surface area contributed by atoms with Gasteiger partial charge in [-0.3, -0.25) is 4.99 Å². The minimum absolute atomic E-state index is 0.876. The molecule has 0 saturated heterocycles. The van der Waals surface area contributed by atoms with E-state index in [0.717, 1.165) is 31.0 Å². The van der Waals surface area contributed by atoms with Gasteiger partial charge in [-0.05, 0) is 30.2 Å². The third-order valence-electron chi connectivity index (χ3n) is 3.27. The summed E-state index contributed by atoms with van der Waals surface area (Å²) in [6.45, 7) is 4.00. The van der Waals surface area contributed by atoms with Crippen molar-refractivity contribution in [3.05, 3.63) is 47.8 Å². The second kappa shape index (κ2) is 4.64. The highest BCUT2D eigenvalue weighted by molar-refractivity contribution is 5.86. The van der Waals surface area contributed by atoms with Crippen LogP contribution in [0.4, 0.5) is 0 Å². The zero-order chi connectivity index (χ0) is 12.4. The molecule has 0 spiro atoms. The molecule has 3 rings (SSSR count). The molecule has 1 N–H and O–H groups in total. The fourth-order valence-electron chi connectivity index (χ4n) is 2.27. The van der Waals surface area contributed by atoms with Crippen LogP contribution in [-0.2, 0) is 6.42 Å². The van der Waals surface area contributed by atoms with Crippen LogP contribution in [0.1, 0.15) is 11.1 Å². The Kier molecular flexibility index (Phi) is 2.84. The van der Waals surface area contributed by atoms with Gasteiger partial charge in [0.1, 0.15) is 5.84 Å². The molecule has 4 heteroatoms. The van der Waals surface area contributed by atoms with E-state index in [1.165, 1.54) is 11.1 Å². The number of nitrogens with zero attached hydrogens (tertiary/aromatic N) is 3. The zero-order valence-electron chi connectivity index (χ0n) is 10.4. The highest BCUT2D eigenvalue weighted by Crippen LogP contribution is 2.18. The van der Waals surface area contributed by atoms with Gasteiger partial charge in [-0.15, -0.1) is 0 Å². The number of nitrogens with one attached hydrogen (secondary N) is 1. The second-order valence-electron chi connectivity index (χ2n) is 4.44. The maximum Gasteiger partial charge on any atom is 0.101 e. The summed E-state index contributed by atoms with van der Waals surface area (Å²) < 4.78 is 1.91. The highest BCUT2D eigenvalue weighted by atomic mass is 15.3. The third-order valence-corrected chi connectivity index (χ3v) is 3.27. The molecule has 2 aromatic rings. The summed E-state index contributed by atoms with van der Waals surface area (Å²) in [6.07, 6.45) is 4.65. The summed E-state index contributed by atoms with van der Waals surface area (Å²) in [5, 5.41) is 7.61. The van der Waals surface area contributed by atoms with E-state index < -0.39 is 0 Å². The molecule has 0 amide bonds. The Bertz CT molecular complexity index is 569. The van der Waals surface area contributed by atoms with Crippen molar-refractivity contribution in [1.29, 1.82) is 0 Å². The topological polar surface area (TPSA) is 42.2 Å². The molecule has 2 heterocycles. The smallest absolute Gasteiger partial charge is 0.101 e. The van der Waals surface area contributed by atoms with Crippen LogP contribution in [0.15, 0.2) is 41.7 Å². The normalized spacial score (nSPS) is 14.4. The first-order valence-electron chi connectivity index (χ1n) is 6.20. The molecule has 1 aliphatic rings. The molecule has 0 radical (unpaired) electrons. The fourth-order valence-corrected chi connectivity index (χ4v) is 2.27. The Labute approximate surface area is 106 Å². The minimum atomic E-state index is 0.876. The summed E-state index contributed by atoms with van der Waals surface area (Å²) in [5.41, 5.74) is 3.70. The molecule has 4 nitrogen and oxygen atoms in total. The van der Waals surface area contributed by atoms with Crippen LogP contribution < -0.4 is 5.32 Å². The number of aromatic nitrogens is 2. The van der Waals surface area contributed by atoms with Crippen molar-refractivity contribution in [2.45, 2.75) is 13.3 Å². The number of benzene rings is 1. The maximum absolute atomic E-state index is 4.45. The van der Waals surface area contributed by atoms with Gasteiger partial charge in [0.15, 0.2) is 0 Å². The first-order valence-corrected chi connectivity index (χ1v) is 6.20. The van der Waals surface area contributed by atoms with Gasteiger partial charge < -0.3 is 5.32 Å². The van der Waals surface area contributed by atoms with E-state index in [4.69, 9.17) is 0 Å². The van der Waals surface area contributed by atoms with Crippen molar-refractivity contribution in [1.82, 2.24) is 15.1 Å². The second-order valence-corrected chi connectivity index (χ2v) is 4.44. The largest absolute Gasteiger partial charge is 0.372 e. The van der Waals surface area contributed by atoms with Gasteiger partial charge in [0.2, 0.25) is 0 Å². The molecule has 18 heavy (non-hydrogen) atoms. The quantitative estimate of drug-likeness (QED) is 0.887. The lowest BCUT2D eigenvalue weighted by molar-refractivity contribution is 0.869. The van der Waals surface area contributed by atoms with Crippen LogP contribution in [0, 0.1) is 6.92 Å². The summed E-state index contributed by atoms with van der Waals surface area (Å²) >= 11 is 0. The predicted octanol–water partition coefficient (Wildman–Crippen LogP) is 1.72. The van der Waals surface area contributed by atoms with E-state index in [1.54, 1.807) is 6.20 Å². The van der Waals surface area contributed by atoms with Crippen LogP contribution in [0.2, 0.25) is 0 Å².